The molecule has 0 saturated heterocycles. The van der Waals surface area contributed by atoms with Crippen LogP contribution in [-0.2, 0) is 12.8 Å². The van der Waals surface area contributed by atoms with Crippen LogP contribution in [0.3, 0.4) is 0 Å². The summed E-state index contributed by atoms with van der Waals surface area (Å²) in [5, 5.41) is 0. The molecule has 0 heterocycles. The molecule has 0 spiro atoms. The second-order valence-electron chi connectivity index (χ2n) is 8.49. The van der Waals surface area contributed by atoms with Gasteiger partial charge in [-0.15, -0.1) is 0 Å². The summed E-state index contributed by atoms with van der Waals surface area (Å²) in [5.41, 5.74) is 11.1. The van der Waals surface area contributed by atoms with Crippen LogP contribution in [0.2, 0.25) is 0 Å². The van der Waals surface area contributed by atoms with E-state index in [0.29, 0.717) is 11.8 Å². The van der Waals surface area contributed by atoms with Crippen molar-refractivity contribution in [1.29, 1.82) is 0 Å². The van der Waals surface area contributed by atoms with Gasteiger partial charge in [-0.05, 0) is 71.9 Å². The van der Waals surface area contributed by atoms with E-state index in [1.54, 1.807) is 0 Å². The number of rotatable bonds is 5. The van der Waals surface area contributed by atoms with Gasteiger partial charge in [-0.25, -0.2) is 0 Å². The van der Waals surface area contributed by atoms with E-state index in [0.717, 1.165) is 12.8 Å². The van der Waals surface area contributed by atoms with Crippen molar-refractivity contribution in [3.63, 3.8) is 0 Å². The minimum Gasteiger partial charge on any atom is -0.0698 e. The van der Waals surface area contributed by atoms with Crippen LogP contribution in [0.1, 0.15) is 49.9 Å². The molecule has 2 aromatic rings. The molecule has 2 aliphatic carbocycles. The molecule has 2 aliphatic rings. The van der Waals surface area contributed by atoms with Crippen molar-refractivity contribution in [1.82, 2.24) is 0 Å². The highest BCUT2D eigenvalue weighted by Crippen LogP contribution is 2.31. The average molecular weight is 367 g/mol. The molecule has 0 fully saturated rings. The normalized spacial score (nSPS) is 21.3. The highest BCUT2D eigenvalue weighted by molar-refractivity contribution is 5.78. The lowest BCUT2D eigenvalue weighted by Crippen LogP contribution is -1.92. The first-order valence-corrected chi connectivity index (χ1v) is 10.5. The van der Waals surface area contributed by atoms with Gasteiger partial charge < -0.3 is 0 Å². The van der Waals surface area contributed by atoms with Crippen molar-refractivity contribution in [2.45, 2.75) is 40.5 Å². The van der Waals surface area contributed by atoms with Crippen molar-refractivity contribution in [3.05, 3.63) is 106 Å². The van der Waals surface area contributed by atoms with Gasteiger partial charge >= 0.3 is 0 Å². The average Bonchev–Trinajstić information content (AvgIpc) is 3.22. The fourth-order valence-electron chi connectivity index (χ4n) is 4.03. The third-order valence-corrected chi connectivity index (χ3v) is 6.34. The van der Waals surface area contributed by atoms with Gasteiger partial charge in [0, 0.05) is 0 Å². The SMILES string of the molecule is CC1=CC(c2ccc(CCc3ccc(C4=CC(C)C(C)=C4)cc3)cc2)=CC1C. The third kappa shape index (κ3) is 3.97. The molecule has 142 valence electrons. The Morgan fingerprint density at radius 3 is 1.21 bits per heavy atom. The smallest absolute Gasteiger partial charge is 0.00419 e. The van der Waals surface area contributed by atoms with E-state index in [-0.39, 0.29) is 0 Å². The highest BCUT2D eigenvalue weighted by atomic mass is 14.2. The van der Waals surface area contributed by atoms with E-state index in [2.05, 4.69) is 101 Å². The standard InChI is InChI=1S/C28H30/c1-19-15-27(16-20(19)2)25-11-7-23(8-12-25)5-6-24-9-13-26(14-10-24)28-17-21(3)22(4)18-28/h7-19,21H,5-6H2,1-4H3. The summed E-state index contributed by atoms with van der Waals surface area (Å²) < 4.78 is 0. The Morgan fingerprint density at radius 1 is 0.571 bits per heavy atom. The number of hydrogen-bond donors (Lipinski definition) is 0. The summed E-state index contributed by atoms with van der Waals surface area (Å²) in [6, 6.07) is 18.2. The van der Waals surface area contributed by atoms with Crippen molar-refractivity contribution >= 4 is 11.1 Å². The van der Waals surface area contributed by atoms with Crippen molar-refractivity contribution in [2.75, 3.05) is 0 Å². The quantitative estimate of drug-likeness (QED) is 0.516. The molecule has 28 heavy (non-hydrogen) atoms. The summed E-state index contributed by atoms with van der Waals surface area (Å²) in [4.78, 5) is 0. The molecule has 0 bridgehead atoms. The van der Waals surface area contributed by atoms with Gasteiger partial charge in [0.15, 0.2) is 0 Å². The van der Waals surface area contributed by atoms with Crippen LogP contribution < -0.4 is 0 Å². The van der Waals surface area contributed by atoms with Crippen LogP contribution >= 0.6 is 0 Å². The lowest BCUT2D eigenvalue weighted by atomic mass is 9.99. The molecule has 4 rings (SSSR count). The van der Waals surface area contributed by atoms with Gasteiger partial charge in [0.2, 0.25) is 0 Å². The van der Waals surface area contributed by atoms with Crippen LogP contribution in [0.25, 0.3) is 11.1 Å². The maximum Gasteiger partial charge on any atom is -0.00419 e. The van der Waals surface area contributed by atoms with E-state index < -0.39 is 0 Å². The van der Waals surface area contributed by atoms with E-state index >= 15 is 0 Å². The topological polar surface area (TPSA) is 0 Å². The molecule has 0 nitrogen and oxygen atoms in total. The van der Waals surface area contributed by atoms with E-state index in [1.807, 2.05) is 0 Å². The van der Waals surface area contributed by atoms with Gasteiger partial charge in [0.25, 0.3) is 0 Å². The molecule has 0 heteroatoms. The predicted octanol–water partition coefficient (Wildman–Crippen LogP) is 7.43. The first kappa shape index (κ1) is 18.7. The maximum absolute atomic E-state index is 2.36. The second kappa shape index (κ2) is 7.80. The molecule has 2 atom stereocenters. The van der Waals surface area contributed by atoms with Crippen molar-refractivity contribution < 1.29 is 0 Å². The van der Waals surface area contributed by atoms with Crippen molar-refractivity contribution in [2.24, 2.45) is 11.8 Å². The van der Waals surface area contributed by atoms with E-state index in [1.165, 1.54) is 44.5 Å². The molecule has 2 unspecified atom stereocenters. The van der Waals surface area contributed by atoms with Gasteiger partial charge in [-0.1, -0.05) is 97.8 Å². The predicted molar refractivity (Wildman–Crippen MR) is 122 cm³/mol. The Kier molecular flexibility index (Phi) is 5.22. The molecule has 0 radical (unpaired) electrons. The fourth-order valence-corrected chi connectivity index (χ4v) is 4.03. The van der Waals surface area contributed by atoms with Crippen LogP contribution in [-0.4, -0.2) is 0 Å². The minimum atomic E-state index is 0.570. The zero-order valence-electron chi connectivity index (χ0n) is 17.5. The number of aryl methyl sites for hydroxylation is 2. The Hall–Kier alpha value is -2.60. The Bertz CT molecular complexity index is 892. The third-order valence-electron chi connectivity index (χ3n) is 6.34. The number of allylic oxidation sites excluding steroid dienone is 8. The maximum atomic E-state index is 2.36. The molecular weight excluding hydrogens is 336 g/mol. The molecule has 0 saturated carbocycles. The number of hydrogen-bond acceptors (Lipinski definition) is 0. The lowest BCUT2D eigenvalue weighted by molar-refractivity contribution is 0.883. The second-order valence-corrected chi connectivity index (χ2v) is 8.49. The zero-order valence-corrected chi connectivity index (χ0v) is 17.5. The van der Waals surface area contributed by atoms with Gasteiger partial charge in [-0.2, -0.15) is 0 Å². The van der Waals surface area contributed by atoms with Gasteiger partial charge in [0.1, 0.15) is 0 Å². The van der Waals surface area contributed by atoms with Gasteiger partial charge in [-0.3, -0.25) is 0 Å². The first-order valence-electron chi connectivity index (χ1n) is 10.5. The summed E-state index contributed by atoms with van der Waals surface area (Å²) in [5.74, 6) is 1.14. The highest BCUT2D eigenvalue weighted by Gasteiger charge is 2.13. The molecule has 0 amide bonds. The molecule has 2 aromatic carbocycles. The zero-order chi connectivity index (χ0) is 19.7. The Balaban J connectivity index is 1.37. The van der Waals surface area contributed by atoms with Crippen molar-refractivity contribution in [3.8, 4) is 0 Å². The molecule has 0 aliphatic heterocycles. The Labute approximate surface area is 170 Å². The number of benzene rings is 2. The molecular formula is C28H30. The largest absolute Gasteiger partial charge is 0.0698 e. The fraction of sp³-hybridized carbons (Fsp3) is 0.286. The Morgan fingerprint density at radius 2 is 0.929 bits per heavy atom. The molecule has 0 aromatic heterocycles. The molecule has 0 N–H and O–H groups in total. The van der Waals surface area contributed by atoms with Crippen LogP contribution in [0.15, 0.2) is 84.0 Å². The van der Waals surface area contributed by atoms with Gasteiger partial charge in [0.05, 0.1) is 0 Å². The van der Waals surface area contributed by atoms with Crippen LogP contribution in [0, 0.1) is 11.8 Å². The van der Waals surface area contributed by atoms with Crippen LogP contribution in [0.4, 0.5) is 0 Å². The lowest BCUT2D eigenvalue weighted by Gasteiger charge is -2.06. The van der Waals surface area contributed by atoms with Crippen LogP contribution in [0.5, 0.6) is 0 Å². The summed E-state index contributed by atoms with van der Waals surface area (Å²) >= 11 is 0. The minimum absolute atomic E-state index is 0.570. The summed E-state index contributed by atoms with van der Waals surface area (Å²) in [6.07, 6.45) is 11.5. The first-order chi connectivity index (χ1) is 13.5. The summed E-state index contributed by atoms with van der Waals surface area (Å²) in [7, 11) is 0. The van der Waals surface area contributed by atoms with E-state index in [4.69, 9.17) is 0 Å². The summed E-state index contributed by atoms with van der Waals surface area (Å²) in [6.45, 7) is 8.96. The van der Waals surface area contributed by atoms with E-state index in [9.17, 15) is 0 Å². The monoisotopic (exact) mass is 366 g/mol.